The van der Waals surface area contributed by atoms with Gasteiger partial charge in [0, 0.05) is 70.5 Å². The molecule has 2 amide bonds. The van der Waals surface area contributed by atoms with Gasteiger partial charge < -0.3 is 34.3 Å². The third-order valence-corrected chi connectivity index (χ3v) is 8.94. The van der Waals surface area contributed by atoms with Gasteiger partial charge in [-0.05, 0) is 89.1 Å². The van der Waals surface area contributed by atoms with E-state index in [2.05, 4.69) is 45.1 Å². The molecule has 10 nitrogen and oxygen atoms in total. The lowest BCUT2D eigenvalue weighted by molar-refractivity contribution is -0.133. The number of fused-ring (bicyclic) bond motifs is 1. The highest BCUT2D eigenvalue weighted by atomic mass is 16.6. The number of hydrogen-bond donors (Lipinski definition) is 2. The Morgan fingerprint density at radius 3 is 2.50 bits per heavy atom. The monoisotopic (exact) mass is 633 g/mol. The number of carbonyl (C=O) groups is 2. The van der Waals surface area contributed by atoms with Crippen LogP contribution in [0.5, 0.6) is 0 Å². The fourth-order valence-electron chi connectivity index (χ4n) is 6.66. The first-order valence-electron chi connectivity index (χ1n) is 16.8. The number of methoxy groups -OCH3 is 1. The second-order valence-electron chi connectivity index (χ2n) is 13.8. The molecule has 3 aromatic rings. The van der Waals surface area contributed by atoms with Crippen molar-refractivity contribution in [1.29, 1.82) is 0 Å². The summed E-state index contributed by atoms with van der Waals surface area (Å²) in [4.78, 5) is 36.0. The van der Waals surface area contributed by atoms with Gasteiger partial charge in [0.15, 0.2) is 0 Å². The molecule has 2 saturated heterocycles. The number of aromatic nitrogens is 2. The minimum atomic E-state index is -0.642. The van der Waals surface area contributed by atoms with E-state index in [1.165, 1.54) is 0 Å². The van der Waals surface area contributed by atoms with E-state index in [-0.39, 0.29) is 24.3 Å². The summed E-state index contributed by atoms with van der Waals surface area (Å²) < 4.78 is 13.2. The predicted octanol–water partition coefficient (Wildman–Crippen LogP) is 5.27. The SMILES string of the molecule is COCCCn1c(C2CCCN(C(=O)CC(Cc3ccc(N4CCC(O)CC4)cc3)NC(=O)OC(C)(C)C)C2)nc2ccccc21. The van der Waals surface area contributed by atoms with Crippen LogP contribution < -0.4 is 10.2 Å². The van der Waals surface area contributed by atoms with Gasteiger partial charge in [0.25, 0.3) is 0 Å². The topological polar surface area (TPSA) is 109 Å². The molecule has 2 fully saturated rings. The van der Waals surface area contributed by atoms with Crippen LogP contribution in [0.3, 0.4) is 0 Å². The van der Waals surface area contributed by atoms with Gasteiger partial charge in [0.2, 0.25) is 5.91 Å². The van der Waals surface area contributed by atoms with E-state index in [0.717, 1.165) is 79.8 Å². The largest absolute Gasteiger partial charge is 0.444 e. The van der Waals surface area contributed by atoms with E-state index in [9.17, 15) is 14.7 Å². The normalized spacial score (nSPS) is 18.5. The van der Waals surface area contributed by atoms with Crippen molar-refractivity contribution in [3.05, 3.63) is 59.9 Å². The van der Waals surface area contributed by atoms with Crippen molar-refractivity contribution in [2.45, 2.75) is 95.9 Å². The zero-order valence-electron chi connectivity index (χ0n) is 27.9. The summed E-state index contributed by atoms with van der Waals surface area (Å²) in [7, 11) is 1.72. The molecule has 3 heterocycles. The molecule has 0 bridgehead atoms. The van der Waals surface area contributed by atoms with Gasteiger partial charge in [0.1, 0.15) is 11.4 Å². The number of anilines is 1. The van der Waals surface area contributed by atoms with Crippen molar-refractivity contribution in [1.82, 2.24) is 19.8 Å². The first-order chi connectivity index (χ1) is 22.1. The number of nitrogens with zero attached hydrogens (tertiary/aromatic N) is 4. The van der Waals surface area contributed by atoms with Crippen molar-refractivity contribution >= 4 is 28.7 Å². The highest BCUT2D eigenvalue weighted by molar-refractivity contribution is 5.79. The maximum atomic E-state index is 13.9. The van der Waals surface area contributed by atoms with Crippen LogP contribution >= 0.6 is 0 Å². The van der Waals surface area contributed by atoms with E-state index in [1.54, 1.807) is 7.11 Å². The molecule has 46 heavy (non-hydrogen) atoms. The average molecular weight is 634 g/mol. The van der Waals surface area contributed by atoms with Crippen LogP contribution in [0.1, 0.15) is 76.6 Å². The number of ether oxygens (including phenoxy) is 2. The zero-order valence-corrected chi connectivity index (χ0v) is 27.9. The van der Waals surface area contributed by atoms with Crippen LogP contribution in [-0.4, -0.2) is 89.2 Å². The number of piperidine rings is 2. The van der Waals surface area contributed by atoms with E-state index >= 15 is 0 Å². The first-order valence-corrected chi connectivity index (χ1v) is 16.8. The average Bonchev–Trinajstić information content (AvgIpc) is 3.39. The summed E-state index contributed by atoms with van der Waals surface area (Å²) >= 11 is 0. The van der Waals surface area contributed by atoms with Crippen molar-refractivity contribution in [2.75, 3.05) is 44.8 Å². The second kappa shape index (κ2) is 15.3. The molecule has 2 aliphatic heterocycles. The molecule has 1 aromatic heterocycles. The molecule has 0 spiro atoms. The molecule has 2 N–H and O–H groups in total. The Morgan fingerprint density at radius 2 is 1.78 bits per heavy atom. The van der Waals surface area contributed by atoms with Crippen molar-refractivity contribution in [3.8, 4) is 0 Å². The maximum absolute atomic E-state index is 13.9. The van der Waals surface area contributed by atoms with E-state index in [4.69, 9.17) is 14.5 Å². The number of amides is 2. The molecule has 0 aliphatic carbocycles. The summed E-state index contributed by atoms with van der Waals surface area (Å²) in [6.07, 6.45) is 4.26. The van der Waals surface area contributed by atoms with Crippen LogP contribution in [0.25, 0.3) is 11.0 Å². The molecule has 2 unspecified atom stereocenters. The Balaban J connectivity index is 1.28. The number of aliphatic hydroxyl groups excluding tert-OH is 1. The van der Waals surface area contributed by atoms with E-state index in [1.807, 2.05) is 43.9 Å². The highest BCUT2D eigenvalue weighted by Gasteiger charge is 2.31. The number of alkyl carbamates (subject to hydrolysis) is 1. The molecule has 0 radical (unpaired) electrons. The smallest absolute Gasteiger partial charge is 0.407 e. The lowest BCUT2D eigenvalue weighted by Crippen LogP contribution is -2.46. The molecule has 5 rings (SSSR count). The summed E-state index contributed by atoms with van der Waals surface area (Å²) in [5.74, 6) is 1.19. The van der Waals surface area contributed by atoms with Crippen LogP contribution in [0.2, 0.25) is 0 Å². The van der Waals surface area contributed by atoms with Crippen LogP contribution in [0, 0.1) is 0 Å². The molecule has 2 aromatic carbocycles. The van der Waals surface area contributed by atoms with Crippen molar-refractivity contribution in [2.24, 2.45) is 0 Å². The van der Waals surface area contributed by atoms with Gasteiger partial charge in [-0.1, -0.05) is 24.3 Å². The number of nitrogens with one attached hydrogen (secondary N) is 1. The quantitative estimate of drug-likeness (QED) is 0.277. The number of carbonyl (C=O) groups excluding carboxylic acids is 2. The Kier molecular flexibility index (Phi) is 11.2. The predicted molar refractivity (Wildman–Crippen MR) is 180 cm³/mol. The Hall–Kier alpha value is -3.63. The van der Waals surface area contributed by atoms with Gasteiger partial charge >= 0.3 is 6.09 Å². The van der Waals surface area contributed by atoms with Gasteiger partial charge in [0.05, 0.1) is 17.1 Å². The molecule has 250 valence electrons. The van der Waals surface area contributed by atoms with Gasteiger partial charge in [-0.15, -0.1) is 0 Å². The highest BCUT2D eigenvalue weighted by Crippen LogP contribution is 2.30. The summed E-state index contributed by atoms with van der Waals surface area (Å²) in [5, 5.41) is 12.9. The number of aryl methyl sites for hydroxylation is 1. The number of hydrogen-bond acceptors (Lipinski definition) is 7. The number of imidazole rings is 1. The van der Waals surface area contributed by atoms with Crippen molar-refractivity contribution < 1.29 is 24.2 Å². The van der Waals surface area contributed by atoms with E-state index < -0.39 is 17.7 Å². The van der Waals surface area contributed by atoms with Crippen LogP contribution in [0.4, 0.5) is 10.5 Å². The summed E-state index contributed by atoms with van der Waals surface area (Å²) in [6, 6.07) is 16.1. The standard InChI is InChI=1S/C36H51N5O5/c1-36(2,3)46-35(44)37-28(23-26-12-14-29(15-13-26)39-20-16-30(42)17-21-39)24-33(43)40-18-7-9-27(25-40)34-38-31-10-5-6-11-32(31)41(34)19-8-22-45-4/h5-6,10-15,27-28,30,42H,7-9,16-25H2,1-4H3,(H,37,44). The lowest BCUT2D eigenvalue weighted by Gasteiger charge is -2.34. The number of likely N-dealkylation sites (tertiary alicyclic amines) is 1. The number of para-hydroxylation sites is 2. The third-order valence-electron chi connectivity index (χ3n) is 8.94. The molecular formula is C36H51N5O5. The second-order valence-corrected chi connectivity index (χ2v) is 13.8. The van der Waals surface area contributed by atoms with Crippen molar-refractivity contribution in [3.63, 3.8) is 0 Å². The zero-order chi connectivity index (χ0) is 32.7. The first kappa shape index (κ1) is 33.7. The Morgan fingerprint density at radius 1 is 1.04 bits per heavy atom. The number of aliphatic hydroxyl groups is 1. The molecular weight excluding hydrogens is 582 g/mol. The Bertz CT molecular complexity index is 1440. The van der Waals surface area contributed by atoms with Gasteiger partial charge in [-0.2, -0.15) is 0 Å². The molecule has 2 atom stereocenters. The molecule has 2 aliphatic rings. The minimum absolute atomic E-state index is 0.0243. The van der Waals surface area contributed by atoms with E-state index in [0.29, 0.717) is 26.1 Å². The van der Waals surface area contributed by atoms with Gasteiger partial charge in [-0.25, -0.2) is 9.78 Å². The minimum Gasteiger partial charge on any atom is -0.444 e. The van der Waals surface area contributed by atoms with Gasteiger partial charge in [-0.3, -0.25) is 4.79 Å². The number of benzene rings is 2. The van der Waals surface area contributed by atoms with Crippen LogP contribution in [-0.2, 0) is 27.2 Å². The summed E-state index contributed by atoms with van der Waals surface area (Å²) in [5.41, 5.74) is 3.61. The summed E-state index contributed by atoms with van der Waals surface area (Å²) in [6.45, 7) is 9.95. The van der Waals surface area contributed by atoms with Crippen LogP contribution in [0.15, 0.2) is 48.5 Å². The molecule has 10 heteroatoms. The fraction of sp³-hybridized carbons (Fsp3) is 0.583. The lowest BCUT2D eigenvalue weighted by atomic mass is 9.95. The maximum Gasteiger partial charge on any atom is 0.407 e. The fourth-order valence-corrected chi connectivity index (χ4v) is 6.66. The third kappa shape index (κ3) is 9.00. The Labute approximate surface area is 273 Å². The number of rotatable bonds is 11. The molecule has 0 saturated carbocycles.